The van der Waals surface area contributed by atoms with Gasteiger partial charge in [-0.05, 0) is 51.1 Å². The van der Waals surface area contributed by atoms with Crippen LogP contribution < -0.4 is 0 Å². The number of pyridine rings is 2. The van der Waals surface area contributed by atoms with E-state index in [1.54, 1.807) is 0 Å². The fraction of sp³-hybridized carbons (Fsp3) is 0.0500. The van der Waals surface area contributed by atoms with Crippen molar-refractivity contribution in [1.29, 1.82) is 0 Å². The molecule has 3 aromatic carbocycles. The number of benzene rings is 3. The van der Waals surface area contributed by atoms with Crippen molar-refractivity contribution in [3.05, 3.63) is 174 Å². The van der Waals surface area contributed by atoms with Crippen LogP contribution in [0.5, 0.6) is 0 Å². The molecule has 4 aliphatic rings. The van der Waals surface area contributed by atoms with Crippen LogP contribution in [0.4, 0.5) is 0 Å². The number of hydrogen-bond donors (Lipinski definition) is 0. The second-order valence-corrected chi connectivity index (χ2v) is 11.4. The van der Waals surface area contributed by atoms with Gasteiger partial charge in [-0.2, -0.15) is 0 Å². The molecule has 42 heavy (non-hydrogen) atoms. The molecule has 0 aliphatic heterocycles. The summed E-state index contributed by atoms with van der Waals surface area (Å²) in [5.41, 5.74) is 14.3. The third-order valence-electron chi connectivity index (χ3n) is 9.09. The molecule has 2 unspecified atom stereocenters. The topological polar surface area (TPSA) is 25.8 Å². The van der Waals surface area contributed by atoms with E-state index >= 15 is 0 Å². The van der Waals surface area contributed by atoms with Gasteiger partial charge in [-0.1, -0.05) is 127 Å². The number of hydrogen-bond acceptors (Lipinski definition) is 2. The molecule has 0 fully saturated rings. The van der Waals surface area contributed by atoms with E-state index < -0.39 is 0 Å². The van der Waals surface area contributed by atoms with E-state index in [1.807, 2.05) is 12.3 Å². The normalized spacial score (nSPS) is 20.0. The zero-order chi connectivity index (χ0) is 27.6. The standard InChI is InChI=1S/C40H26N2/c1-2-6-25(7-3-1)26-12-14-27(15-13-26)36-21-20-30-18-19-32-22-33(24-41-39(32)40(30)42-36)35-23-31-10-4-8-28-16-17-29-9-5-11-34(35)38(29)37(28)31/h1-24,37-38H. The lowest BCUT2D eigenvalue weighted by atomic mass is 9.62. The molecule has 2 nitrogen and oxygen atoms in total. The fourth-order valence-corrected chi connectivity index (χ4v) is 7.04. The zero-order valence-corrected chi connectivity index (χ0v) is 22.9. The minimum absolute atomic E-state index is 0.357. The van der Waals surface area contributed by atoms with Crippen molar-refractivity contribution in [2.45, 2.75) is 0 Å². The molecule has 0 spiro atoms. The number of fused-ring (bicyclic) bond motifs is 3. The summed E-state index contributed by atoms with van der Waals surface area (Å²) in [5, 5.41) is 2.21. The molecule has 2 heterocycles. The van der Waals surface area contributed by atoms with Crippen LogP contribution in [0, 0.1) is 11.8 Å². The van der Waals surface area contributed by atoms with Crippen molar-refractivity contribution in [1.82, 2.24) is 9.97 Å². The van der Waals surface area contributed by atoms with Crippen LogP contribution in [0.2, 0.25) is 0 Å². The van der Waals surface area contributed by atoms with Gasteiger partial charge >= 0.3 is 0 Å². The van der Waals surface area contributed by atoms with Gasteiger partial charge in [0.2, 0.25) is 0 Å². The summed E-state index contributed by atoms with van der Waals surface area (Å²) in [6.07, 6.45) is 22.5. The Hall–Kier alpha value is -5.34. The molecular weight excluding hydrogens is 508 g/mol. The predicted molar refractivity (Wildman–Crippen MR) is 173 cm³/mol. The van der Waals surface area contributed by atoms with Crippen LogP contribution in [0.15, 0.2) is 168 Å². The van der Waals surface area contributed by atoms with Crippen LogP contribution in [-0.4, -0.2) is 9.97 Å². The SMILES string of the molecule is C1=CC2=CC=C3C=CC=C4C(c5cnc6c(ccc7ccc(-c8ccc(-c9ccccc9)cc8)nc76)c5)=CC(=C1)C2C34. The van der Waals surface area contributed by atoms with Gasteiger partial charge in [0, 0.05) is 39.9 Å². The molecule has 0 bridgehead atoms. The van der Waals surface area contributed by atoms with E-state index in [2.05, 4.69) is 134 Å². The zero-order valence-electron chi connectivity index (χ0n) is 22.9. The third kappa shape index (κ3) is 3.59. The van der Waals surface area contributed by atoms with Gasteiger partial charge in [0.05, 0.1) is 16.7 Å². The average Bonchev–Trinajstić information content (AvgIpc) is 3.07. The molecule has 9 rings (SSSR count). The third-order valence-corrected chi connectivity index (χ3v) is 9.09. The van der Waals surface area contributed by atoms with Gasteiger partial charge in [0.15, 0.2) is 0 Å². The highest BCUT2D eigenvalue weighted by molar-refractivity contribution is 6.04. The van der Waals surface area contributed by atoms with Crippen molar-refractivity contribution in [2.24, 2.45) is 11.8 Å². The summed E-state index contributed by atoms with van der Waals surface area (Å²) in [7, 11) is 0. The Morgan fingerprint density at radius 2 is 1.24 bits per heavy atom. The minimum atomic E-state index is 0.357. The first-order valence-corrected chi connectivity index (χ1v) is 14.6. The van der Waals surface area contributed by atoms with Crippen LogP contribution in [-0.2, 0) is 0 Å². The molecule has 0 N–H and O–H groups in total. The largest absolute Gasteiger partial charge is 0.253 e. The molecule has 0 saturated carbocycles. The first-order chi connectivity index (χ1) is 20.8. The minimum Gasteiger partial charge on any atom is -0.253 e. The van der Waals surface area contributed by atoms with Gasteiger partial charge in [-0.15, -0.1) is 0 Å². The smallest absolute Gasteiger partial charge is 0.0972 e. The lowest BCUT2D eigenvalue weighted by Crippen LogP contribution is -2.29. The summed E-state index contributed by atoms with van der Waals surface area (Å²) in [4.78, 5) is 10.2. The van der Waals surface area contributed by atoms with Gasteiger partial charge < -0.3 is 0 Å². The van der Waals surface area contributed by atoms with E-state index in [-0.39, 0.29) is 0 Å². The molecule has 0 saturated heterocycles. The summed E-state index contributed by atoms with van der Waals surface area (Å²) in [5.74, 6) is 0.757. The van der Waals surface area contributed by atoms with E-state index in [0.29, 0.717) is 11.8 Å². The quantitative estimate of drug-likeness (QED) is 0.215. The molecular formula is C40H26N2. The molecule has 5 aromatic rings. The summed E-state index contributed by atoms with van der Waals surface area (Å²) < 4.78 is 0. The van der Waals surface area contributed by atoms with Crippen molar-refractivity contribution in [3.63, 3.8) is 0 Å². The first-order valence-electron chi connectivity index (χ1n) is 14.6. The molecule has 196 valence electrons. The Labute approximate surface area is 244 Å². The van der Waals surface area contributed by atoms with Crippen LogP contribution >= 0.6 is 0 Å². The lowest BCUT2D eigenvalue weighted by molar-refractivity contribution is 0.568. The van der Waals surface area contributed by atoms with Crippen molar-refractivity contribution in [3.8, 4) is 22.4 Å². The van der Waals surface area contributed by atoms with Crippen LogP contribution in [0.25, 0.3) is 49.8 Å². The van der Waals surface area contributed by atoms with E-state index in [4.69, 9.17) is 9.97 Å². The Morgan fingerprint density at radius 3 is 2.10 bits per heavy atom. The predicted octanol–water partition coefficient (Wildman–Crippen LogP) is 9.61. The number of rotatable bonds is 3. The van der Waals surface area contributed by atoms with Gasteiger partial charge in [-0.25, -0.2) is 4.98 Å². The Balaban J connectivity index is 1.13. The highest BCUT2D eigenvalue weighted by Crippen LogP contribution is 2.52. The second kappa shape index (κ2) is 9.09. The average molecular weight is 535 g/mol. The van der Waals surface area contributed by atoms with E-state index in [0.717, 1.165) is 38.6 Å². The molecule has 4 aliphatic carbocycles. The summed E-state index contributed by atoms with van der Waals surface area (Å²) >= 11 is 0. The van der Waals surface area contributed by atoms with E-state index in [1.165, 1.54) is 39.0 Å². The summed E-state index contributed by atoms with van der Waals surface area (Å²) in [6.45, 7) is 0. The maximum atomic E-state index is 5.14. The maximum Gasteiger partial charge on any atom is 0.0972 e. The summed E-state index contributed by atoms with van der Waals surface area (Å²) in [6, 6.07) is 30.0. The van der Waals surface area contributed by atoms with Crippen LogP contribution in [0.1, 0.15) is 5.56 Å². The number of aromatic nitrogens is 2. The fourth-order valence-electron chi connectivity index (χ4n) is 7.04. The Morgan fingerprint density at radius 1 is 0.524 bits per heavy atom. The second-order valence-electron chi connectivity index (χ2n) is 11.4. The lowest BCUT2D eigenvalue weighted by Gasteiger charge is -2.41. The van der Waals surface area contributed by atoms with Gasteiger partial charge in [0.1, 0.15) is 0 Å². The van der Waals surface area contributed by atoms with Gasteiger partial charge in [0.25, 0.3) is 0 Å². The number of nitrogens with zero attached hydrogens (tertiary/aromatic N) is 2. The molecule has 2 atom stereocenters. The molecule has 2 heteroatoms. The van der Waals surface area contributed by atoms with Crippen LogP contribution in [0.3, 0.4) is 0 Å². The van der Waals surface area contributed by atoms with Crippen molar-refractivity contribution in [2.75, 3.05) is 0 Å². The van der Waals surface area contributed by atoms with Crippen molar-refractivity contribution >= 4 is 27.4 Å². The highest BCUT2D eigenvalue weighted by Gasteiger charge is 2.39. The Kier molecular flexibility index (Phi) is 5.06. The molecule has 2 aromatic heterocycles. The van der Waals surface area contributed by atoms with E-state index in [9.17, 15) is 0 Å². The van der Waals surface area contributed by atoms with Crippen molar-refractivity contribution < 1.29 is 0 Å². The highest BCUT2D eigenvalue weighted by atomic mass is 14.8. The number of allylic oxidation sites excluding steroid dienone is 14. The molecule has 0 amide bonds. The van der Waals surface area contributed by atoms with Gasteiger partial charge in [-0.3, -0.25) is 4.98 Å². The molecule has 0 radical (unpaired) electrons. The monoisotopic (exact) mass is 534 g/mol. The maximum absolute atomic E-state index is 5.14. The first kappa shape index (κ1) is 23.4. The Bertz CT molecular complexity index is 2170.